The minimum absolute atomic E-state index is 0. The molecule has 0 unspecified atom stereocenters. The van der Waals surface area contributed by atoms with Crippen molar-refractivity contribution in [3.05, 3.63) is 41.9 Å². The number of pyridine rings is 1. The number of methoxy groups -OCH3 is 1. The Morgan fingerprint density at radius 2 is 2.03 bits per heavy atom. The first-order chi connectivity index (χ1) is 13.5. The van der Waals surface area contributed by atoms with Gasteiger partial charge in [0.05, 0.1) is 12.8 Å². The van der Waals surface area contributed by atoms with Crippen LogP contribution in [0.1, 0.15) is 11.3 Å². The number of nitrogens with one attached hydrogen (secondary N) is 1. The highest BCUT2D eigenvalue weighted by atomic mass is 127. The van der Waals surface area contributed by atoms with Gasteiger partial charge in [-0.3, -0.25) is 4.99 Å². The van der Waals surface area contributed by atoms with E-state index in [1.807, 2.05) is 11.0 Å². The molecule has 1 aliphatic rings. The van der Waals surface area contributed by atoms with Crippen molar-refractivity contribution in [2.45, 2.75) is 12.3 Å². The predicted octanol–water partition coefficient (Wildman–Crippen LogP) is 0.919. The van der Waals surface area contributed by atoms with Crippen LogP contribution in [-0.4, -0.2) is 74.1 Å². The van der Waals surface area contributed by atoms with Gasteiger partial charge in [0.1, 0.15) is 12.0 Å². The molecule has 1 N–H and O–H groups in total. The molecule has 2 aromatic heterocycles. The van der Waals surface area contributed by atoms with Gasteiger partial charge in [-0.15, -0.1) is 24.0 Å². The van der Waals surface area contributed by atoms with E-state index >= 15 is 0 Å². The Kier molecular flexibility index (Phi) is 8.64. The molecule has 0 spiro atoms. The average Bonchev–Trinajstić information content (AvgIpc) is 3.21. The number of piperazine rings is 1. The second-order valence-electron chi connectivity index (χ2n) is 6.24. The smallest absolute Gasteiger partial charge is 0.220 e. The fraction of sp³-hybridized carbons (Fsp3) is 0.471. The third-order valence-electron chi connectivity index (χ3n) is 4.42. The summed E-state index contributed by atoms with van der Waals surface area (Å²) in [5.74, 6) is 1.14. The third kappa shape index (κ3) is 6.27. The zero-order chi connectivity index (χ0) is 20.0. The fourth-order valence-electron chi connectivity index (χ4n) is 2.92. The van der Waals surface area contributed by atoms with Gasteiger partial charge in [-0.1, -0.05) is 11.2 Å². The number of hydrogen-bond acceptors (Lipinski definition) is 7. The molecule has 0 aliphatic carbocycles. The van der Waals surface area contributed by atoms with Crippen molar-refractivity contribution in [1.82, 2.24) is 24.7 Å². The van der Waals surface area contributed by atoms with Crippen LogP contribution in [0.2, 0.25) is 0 Å². The number of sulfonamides is 1. The van der Waals surface area contributed by atoms with Gasteiger partial charge in [0.25, 0.3) is 0 Å². The molecule has 0 saturated carbocycles. The van der Waals surface area contributed by atoms with Crippen molar-refractivity contribution in [3.63, 3.8) is 0 Å². The fourth-order valence-corrected chi connectivity index (χ4v) is 4.34. The predicted molar refractivity (Wildman–Crippen MR) is 119 cm³/mol. The number of nitrogens with zero attached hydrogens (tertiary/aromatic N) is 5. The molecule has 3 heterocycles. The molecule has 1 fully saturated rings. The highest BCUT2D eigenvalue weighted by Crippen LogP contribution is 2.13. The zero-order valence-corrected chi connectivity index (χ0v) is 19.5. The largest absolute Gasteiger partial charge is 0.481 e. The first kappa shape index (κ1) is 23.3. The van der Waals surface area contributed by atoms with E-state index in [2.05, 4.69) is 20.4 Å². The number of guanidine groups is 1. The minimum Gasteiger partial charge on any atom is -0.481 e. The number of rotatable bonds is 6. The molecule has 12 heteroatoms. The van der Waals surface area contributed by atoms with Gasteiger partial charge in [0.2, 0.25) is 15.9 Å². The Labute approximate surface area is 187 Å². The van der Waals surface area contributed by atoms with Crippen molar-refractivity contribution in [2.75, 3.05) is 40.3 Å². The zero-order valence-electron chi connectivity index (χ0n) is 16.3. The van der Waals surface area contributed by atoms with Crippen LogP contribution in [0.5, 0.6) is 5.88 Å². The van der Waals surface area contributed by atoms with Crippen LogP contribution in [0.3, 0.4) is 0 Å². The Balaban J connectivity index is 0.00000300. The molecule has 3 rings (SSSR count). The van der Waals surface area contributed by atoms with Gasteiger partial charge in [-0.05, 0) is 5.56 Å². The SMILES string of the molecule is CN=C(NCc1ccc(OC)nc1)N1CCN(S(=O)(=O)Cc2ccon2)CC1.I. The van der Waals surface area contributed by atoms with E-state index in [4.69, 9.17) is 9.26 Å². The summed E-state index contributed by atoms with van der Waals surface area (Å²) in [5, 5.41) is 6.97. The lowest BCUT2D eigenvalue weighted by atomic mass is 10.3. The molecule has 1 aliphatic heterocycles. The van der Waals surface area contributed by atoms with Crippen molar-refractivity contribution in [1.29, 1.82) is 0 Å². The molecular weight excluding hydrogens is 511 g/mol. The van der Waals surface area contributed by atoms with Crippen LogP contribution < -0.4 is 10.1 Å². The van der Waals surface area contributed by atoms with Gasteiger partial charge >= 0.3 is 0 Å². The highest BCUT2D eigenvalue weighted by Gasteiger charge is 2.28. The van der Waals surface area contributed by atoms with E-state index in [0.29, 0.717) is 44.3 Å². The van der Waals surface area contributed by atoms with Crippen molar-refractivity contribution < 1.29 is 17.7 Å². The average molecular weight is 536 g/mol. The monoisotopic (exact) mass is 536 g/mol. The highest BCUT2D eigenvalue weighted by molar-refractivity contribution is 14.0. The Bertz CT molecular complexity index is 881. The van der Waals surface area contributed by atoms with E-state index in [1.165, 1.54) is 10.6 Å². The number of ether oxygens (including phenoxy) is 1. The molecule has 0 amide bonds. The first-order valence-corrected chi connectivity index (χ1v) is 10.4. The lowest BCUT2D eigenvalue weighted by Gasteiger charge is -2.35. The number of aromatic nitrogens is 2. The summed E-state index contributed by atoms with van der Waals surface area (Å²) in [6.45, 7) is 2.46. The van der Waals surface area contributed by atoms with E-state index in [1.54, 1.807) is 32.5 Å². The molecule has 0 aromatic carbocycles. The van der Waals surface area contributed by atoms with Gasteiger partial charge in [-0.25, -0.2) is 13.4 Å². The second-order valence-corrected chi connectivity index (χ2v) is 8.21. The second kappa shape index (κ2) is 10.7. The van der Waals surface area contributed by atoms with Crippen LogP contribution in [0.15, 0.2) is 40.2 Å². The molecule has 0 bridgehead atoms. The minimum atomic E-state index is -3.42. The lowest BCUT2D eigenvalue weighted by molar-refractivity contribution is 0.259. The summed E-state index contributed by atoms with van der Waals surface area (Å²) in [7, 11) is -0.133. The lowest BCUT2D eigenvalue weighted by Crippen LogP contribution is -2.53. The Morgan fingerprint density at radius 1 is 1.28 bits per heavy atom. The maximum Gasteiger partial charge on any atom is 0.220 e. The van der Waals surface area contributed by atoms with E-state index in [9.17, 15) is 8.42 Å². The maximum atomic E-state index is 12.5. The Morgan fingerprint density at radius 3 is 2.59 bits per heavy atom. The third-order valence-corrected chi connectivity index (χ3v) is 6.23. The van der Waals surface area contributed by atoms with Gasteiger partial charge in [0.15, 0.2) is 5.96 Å². The molecule has 29 heavy (non-hydrogen) atoms. The number of halogens is 1. The summed E-state index contributed by atoms with van der Waals surface area (Å²) in [6, 6.07) is 5.30. The molecule has 160 valence electrons. The summed E-state index contributed by atoms with van der Waals surface area (Å²) in [4.78, 5) is 10.5. The van der Waals surface area contributed by atoms with Gasteiger partial charge in [0, 0.05) is 58.1 Å². The molecule has 0 atom stereocenters. The topological polar surface area (TPSA) is 113 Å². The quantitative estimate of drug-likeness (QED) is 0.330. The van der Waals surface area contributed by atoms with Gasteiger partial charge < -0.3 is 19.5 Å². The Hall–Kier alpha value is -1.93. The van der Waals surface area contributed by atoms with Crippen molar-refractivity contribution in [3.8, 4) is 5.88 Å². The molecule has 10 nitrogen and oxygen atoms in total. The molecule has 0 radical (unpaired) electrons. The summed E-state index contributed by atoms with van der Waals surface area (Å²) < 4.78 is 36.3. The van der Waals surface area contributed by atoms with E-state index in [-0.39, 0.29) is 29.7 Å². The normalized spacial score (nSPS) is 15.7. The first-order valence-electron chi connectivity index (χ1n) is 8.83. The van der Waals surface area contributed by atoms with E-state index < -0.39 is 10.0 Å². The van der Waals surface area contributed by atoms with Crippen molar-refractivity contribution in [2.24, 2.45) is 4.99 Å². The number of aliphatic imine (C=N–C) groups is 1. The van der Waals surface area contributed by atoms with E-state index in [0.717, 1.165) is 11.5 Å². The van der Waals surface area contributed by atoms with Crippen molar-refractivity contribution >= 4 is 40.0 Å². The number of hydrogen-bond donors (Lipinski definition) is 1. The standard InChI is InChI=1S/C17H24N6O4S.HI/c1-18-17(20-12-14-3-4-16(26-2)19-11-14)22-6-8-23(9-7-22)28(24,25)13-15-5-10-27-21-15;/h3-5,10-11H,6-9,12-13H2,1-2H3,(H,18,20);1H. The summed E-state index contributed by atoms with van der Waals surface area (Å²) >= 11 is 0. The van der Waals surface area contributed by atoms with Crippen LogP contribution in [0, 0.1) is 0 Å². The summed E-state index contributed by atoms with van der Waals surface area (Å²) in [5.41, 5.74) is 1.41. The van der Waals surface area contributed by atoms with Crippen LogP contribution in [0.4, 0.5) is 0 Å². The molecule has 1 saturated heterocycles. The van der Waals surface area contributed by atoms with Crippen LogP contribution in [-0.2, 0) is 22.3 Å². The maximum absolute atomic E-state index is 12.5. The van der Waals surface area contributed by atoms with Crippen LogP contribution in [0.25, 0.3) is 0 Å². The molecule has 2 aromatic rings. The van der Waals surface area contributed by atoms with Crippen LogP contribution >= 0.6 is 24.0 Å². The summed E-state index contributed by atoms with van der Waals surface area (Å²) in [6.07, 6.45) is 3.12. The van der Waals surface area contributed by atoms with Gasteiger partial charge in [-0.2, -0.15) is 4.31 Å². The molecular formula is C17H25IN6O4S.